The van der Waals surface area contributed by atoms with E-state index in [-0.39, 0.29) is 6.10 Å². The number of aliphatic hydroxyl groups is 1. The number of rotatable bonds is 4. The topological polar surface area (TPSA) is 49.5 Å². The van der Waals surface area contributed by atoms with E-state index in [2.05, 4.69) is 4.90 Å². The Kier molecular flexibility index (Phi) is 4.54. The number of aliphatic hydroxyl groups excluding tert-OH is 1. The van der Waals surface area contributed by atoms with Crippen molar-refractivity contribution in [2.24, 2.45) is 5.73 Å². The summed E-state index contributed by atoms with van der Waals surface area (Å²) in [6.45, 7) is 3.56. The molecule has 3 heteroatoms. The quantitative estimate of drug-likeness (QED) is 0.833. The highest BCUT2D eigenvalue weighted by Crippen LogP contribution is 2.17. The van der Waals surface area contributed by atoms with Gasteiger partial charge >= 0.3 is 0 Å². The standard InChI is InChI=1S/C14H22N2O/c15-10-12-4-6-13(7-5-12)14(17)11-16-8-2-1-3-9-16/h4-7,14,17H,1-3,8-11,15H2. The molecular weight excluding hydrogens is 212 g/mol. The number of hydrogen-bond donors (Lipinski definition) is 2. The predicted molar refractivity (Wildman–Crippen MR) is 69.6 cm³/mol. The zero-order valence-electron chi connectivity index (χ0n) is 10.3. The van der Waals surface area contributed by atoms with Crippen LogP contribution in [0.15, 0.2) is 24.3 Å². The highest BCUT2D eigenvalue weighted by atomic mass is 16.3. The van der Waals surface area contributed by atoms with Gasteiger partial charge in [-0.2, -0.15) is 0 Å². The molecule has 2 rings (SSSR count). The molecule has 1 aromatic carbocycles. The van der Waals surface area contributed by atoms with Crippen LogP contribution < -0.4 is 5.73 Å². The molecule has 1 heterocycles. The van der Waals surface area contributed by atoms with Gasteiger partial charge in [0.2, 0.25) is 0 Å². The molecule has 1 aromatic rings. The molecule has 1 atom stereocenters. The van der Waals surface area contributed by atoms with Crippen LogP contribution in [0, 0.1) is 0 Å². The van der Waals surface area contributed by atoms with Gasteiger partial charge in [0.05, 0.1) is 6.10 Å². The Morgan fingerprint density at radius 3 is 2.35 bits per heavy atom. The van der Waals surface area contributed by atoms with Crippen molar-refractivity contribution in [2.45, 2.75) is 31.9 Å². The molecule has 17 heavy (non-hydrogen) atoms. The molecule has 0 radical (unpaired) electrons. The van der Waals surface area contributed by atoms with E-state index in [0.29, 0.717) is 6.54 Å². The number of nitrogens with zero attached hydrogens (tertiary/aromatic N) is 1. The summed E-state index contributed by atoms with van der Waals surface area (Å²) in [6.07, 6.45) is 3.48. The zero-order valence-corrected chi connectivity index (χ0v) is 10.3. The van der Waals surface area contributed by atoms with E-state index in [4.69, 9.17) is 5.73 Å². The van der Waals surface area contributed by atoms with Crippen LogP contribution in [0.3, 0.4) is 0 Å². The van der Waals surface area contributed by atoms with Gasteiger partial charge in [-0.1, -0.05) is 30.7 Å². The Labute approximate surface area is 103 Å². The van der Waals surface area contributed by atoms with E-state index in [0.717, 1.165) is 30.8 Å². The molecule has 1 aliphatic heterocycles. The van der Waals surface area contributed by atoms with E-state index >= 15 is 0 Å². The maximum atomic E-state index is 10.2. The van der Waals surface area contributed by atoms with Gasteiger partial charge in [-0.15, -0.1) is 0 Å². The Morgan fingerprint density at radius 1 is 1.12 bits per heavy atom. The van der Waals surface area contributed by atoms with Crippen LogP contribution in [0.2, 0.25) is 0 Å². The van der Waals surface area contributed by atoms with E-state index in [1.165, 1.54) is 19.3 Å². The summed E-state index contributed by atoms with van der Waals surface area (Å²) in [5.74, 6) is 0. The lowest BCUT2D eigenvalue weighted by Gasteiger charge is -2.28. The number of nitrogens with two attached hydrogens (primary N) is 1. The lowest BCUT2D eigenvalue weighted by molar-refractivity contribution is 0.101. The van der Waals surface area contributed by atoms with E-state index in [9.17, 15) is 5.11 Å². The average Bonchev–Trinajstić information content (AvgIpc) is 2.40. The summed E-state index contributed by atoms with van der Waals surface area (Å²) in [5, 5.41) is 10.2. The van der Waals surface area contributed by atoms with Gasteiger partial charge in [0.1, 0.15) is 0 Å². The van der Waals surface area contributed by atoms with Gasteiger partial charge < -0.3 is 15.7 Å². The molecule has 0 amide bonds. The van der Waals surface area contributed by atoms with Gasteiger partial charge in [0.25, 0.3) is 0 Å². The molecule has 1 fully saturated rings. The second kappa shape index (κ2) is 6.15. The monoisotopic (exact) mass is 234 g/mol. The van der Waals surface area contributed by atoms with Gasteiger partial charge in [-0.05, 0) is 37.1 Å². The molecule has 94 valence electrons. The van der Waals surface area contributed by atoms with Crippen molar-refractivity contribution >= 4 is 0 Å². The molecule has 0 aliphatic carbocycles. The molecule has 0 bridgehead atoms. The Morgan fingerprint density at radius 2 is 1.76 bits per heavy atom. The molecule has 3 N–H and O–H groups in total. The summed E-state index contributed by atoms with van der Waals surface area (Å²) in [6, 6.07) is 7.96. The third-order valence-electron chi connectivity index (χ3n) is 3.48. The average molecular weight is 234 g/mol. The van der Waals surface area contributed by atoms with E-state index in [1.807, 2.05) is 24.3 Å². The van der Waals surface area contributed by atoms with Gasteiger partial charge in [0, 0.05) is 13.1 Å². The molecule has 3 nitrogen and oxygen atoms in total. The van der Waals surface area contributed by atoms with Gasteiger partial charge in [0.15, 0.2) is 0 Å². The lowest BCUT2D eigenvalue weighted by atomic mass is 10.0. The molecule has 1 saturated heterocycles. The van der Waals surface area contributed by atoms with Crippen LogP contribution in [-0.2, 0) is 6.54 Å². The maximum absolute atomic E-state index is 10.2. The van der Waals surface area contributed by atoms with E-state index in [1.54, 1.807) is 0 Å². The molecule has 0 aromatic heterocycles. The van der Waals surface area contributed by atoms with E-state index < -0.39 is 0 Å². The lowest BCUT2D eigenvalue weighted by Crippen LogP contribution is -2.33. The third-order valence-corrected chi connectivity index (χ3v) is 3.48. The third kappa shape index (κ3) is 3.53. The van der Waals surface area contributed by atoms with Crippen LogP contribution >= 0.6 is 0 Å². The number of benzene rings is 1. The smallest absolute Gasteiger partial charge is 0.0916 e. The number of likely N-dealkylation sites (tertiary alicyclic amines) is 1. The number of piperidine rings is 1. The van der Waals surface area contributed by atoms with Crippen molar-refractivity contribution in [3.8, 4) is 0 Å². The van der Waals surface area contributed by atoms with Crippen LogP contribution in [0.25, 0.3) is 0 Å². The van der Waals surface area contributed by atoms with Crippen molar-refractivity contribution in [2.75, 3.05) is 19.6 Å². The summed E-state index contributed by atoms with van der Waals surface area (Å²) in [4.78, 5) is 2.35. The Hall–Kier alpha value is -0.900. The van der Waals surface area contributed by atoms with Gasteiger partial charge in [-0.25, -0.2) is 0 Å². The molecular formula is C14H22N2O. The zero-order chi connectivity index (χ0) is 12.1. The SMILES string of the molecule is NCc1ccc(C(O)CN2CCCCC2)cc1. The first-order valence-corrected chi connectivity index (χ1v) is 6.49. The van der Waals surface area contributed by atoms with Crippen molar-refractivity contribution in [3.05, 3.63) is 35.4 Å². The van der Waals surface area contributed by atoms with Crippen molar-refractivity contribution in [1.29, 1.82) is 0 Å². The fourth-order valence-corrected chi connectivity index (χ4v) is 2.37. The Balaban J connectivity index is 1.91. The summed E-state index contributed by atoms with van der Waals surface area (Å²) >= 11 is 0. The molecule has 0 spiro atoms. The highest BCUT2D eigenvalue weighted by molar-refractivity contribution is 5.24. The molecule has 1 aliphatic rings. The second-order valence-electron chi connectivity index (χ2n) is 4.82. The van der Waals surface area contributed by atoms with Crippen LogP contribution in [0.4, 0.5) is 0 Å². The molecule has 1 unspecified atom stereocenters. The maximum Gasteiger partial charge on any atom is 0.0916 e. The first kappa shape index (κ1) is 12.6. The van der Waals surface area contributed by atoms with Crippen molar-refractivity contribution in [3.63, 3.8) is 0 Å². The summed E-state index contributed by atoms with van der Waals surface area (Å²) in [5.41, 5.74) is 7.66. The first-order valence-electron chi connectivity index (χ1n) is 6.49. The van der Waals surface area contributed by atoms with Crippen LogP contribution in [0.1, 0.15) is 36.5 Å². The Bertz CT molecular complexity index is 331. The fraction of sp³-hybridized carbons (Fsp3) is 0.571. The predicted octanol–water partition coefficient (Wildman–Crippen LogP) is 1.66. The normalized spacial score (nSPS) is 19.2. The van der Waals surface area contributed by atoms with Crippen molar-refractivity contribution in [1.82, 2.24) is 4.90 Å². The van der Waals surface area contributed by atoms with Gasteiger partial charge in [-0.3, -0.25) is 0 Å². The summed E-state index contributed by atoms with van der Waals surface area (Å²) < 4.78 is 0. The first-order chi connectivity index (χ1) is 8.29. The minimum Gasteiger partial charge on any atom is -0.387 e. The minimum atomic E-state index is -0.375. The fourth-order valence-electron chi connectivity index (χ4n) is 2.37. The molecule has 0 saturated carbocycles. The van der Waals surface area contributed by atoms with Crippen LogP contribution in [0.5, 0.6) is 0 Å². The number of hydrogen-bond acceptors (Lipinski definition) is 3. The highest BCUT2D eigenvalue weighted by Gasteiger charge is 2.15. The minimum absolute atomic E-state index is 0.375. The van der Waals surface area contributed by atoms with Crippen LogP contribution in [-0.4, -0.2) is 29.6 Å². The number of β-amino-alcohol motifs (C(OH)–C–C–N with tert-alkyl or cyclic N) is 1. The summed E-state index contributed by atoms with van der Waals surface area (Å²) in [7, 11) is 0. The largest absolute Gasteiger partial charge is 0.387 e. The second-order valence-corrected chi connectivity index (χ2v) is 4.82. The van der Waals surface area contributed by atoms with Crippen molar-refractivity contribution < 1.29 is 5.11 Å².